The minimum absolute atomic E-state index is 0.0192. The Bertz CT molecular complexity index is 1140. The lowest BCUT2D eigenvalue weighted by Crippen LogP contribution is -2.30. The van der Waals surface area contributed by atoms with Crippen molar-refractivity contribution in [1.29, 1.82) is 0 Å². The number of hydrogen-bond acceptors (Lipinski definition) is 9. The topological polar surface area (TPSA) is 134 Å². The summed E-state index contributed by atoms with van der Waals surface area (Å²) in [5, 5.41) is 2.50. The average Bonchev–Trinajstić information content (AvgIpc) is 3.38. The van der Waals surface area contributed by atoms with Crippen LogP contribution in [0.5, 0.6) is 11.5 Å². The molecule has 0 saturated carbocycles. The Kier molecular flexibility index (Phi) is 7.38. The number of benzene rings is 1. The number of amides is 3. The maximum atomic E-state index is 12.8. The van der Waals surface area contributed by atoms with E-state index < -0.39 is 23.9 Å². The van der Waals surface area contributed by atoms with Crippen molar-refractivity contribution < 1.29 is 42.5 Å². The van der Waals surface area contributed by atoms with Gasteiger partial charge < -0.3 is 28.7 Å². The third-order valence-corrected chi connectivity index (χ3v) is 5.17. The number of hydrogen-bond donors (Lipinski definition) is 1. The summed E-state index contributed by atoms with van der Waals surface area (Å²) >= 11 is 3.38. The number of nitrogens with one attached hydrogen (secondary N) is 1. The molecule has 0 radical (unpaired) electrons. The second-order valence-corrected chi connectivity index (χ2v) is 7.38. The number of urea groups is 1. The van der Waals surface area contributed by atoms with Crippen LogP contribution in [0.1, 0.15) is 21.9 Å². The smallest absolute Gasteiger partial charge is 0.373 e. The van der Waals surface area contributed by atoms with Crippen molar-refractivity contribution in [1.82, 2.24) is 10.2 Å². The van der Waals surface area contributed by atoms with E-state index in [4.69, 9.17) is 13.9 Å². The molecule has 2 aromatic rings. The van der Waals surface area contributed by atoms with Crippen molar-refractivity contribution in [3.05, 3.63) is 51.5 Å². The SMILES string of the molecule is COC(=O)COc1cc(Br)c(/C=C2\NC(=O)N(Cc3ccc(C(=O)OC)o3)C2=O)cc1OC. The number of methoxy groups -OCH3 is 3. The van der Waals surface area contributed by atoms with E-state index in [2.05, 4.69) is 30.7 Å². The van der Waals surface area contributed by atoms with Crippen molar-refractivity contribution in [3.63, 3.8) is 0 Å². The second-order valence-electron chi connectivity index (χ2n) is 6.53. The number of imide groups is 1. The number of ether oxygens (including phenoxy) is 4. The molecule has 0 unspecified atom stereocenters. The Hall–Kier alpha value is -3.80. The van der Waals surface area contributed by atoms with Crippen molar-refractivity contribution >= 4 is 45.9 Å². The average molecular weight is 523 g/mol. The molecule has 0 aliphatic carbocycles. The quantitative estimate of drug-likeness (QED) is 0.315. The first-order valence-electron chi connectivity index (χ1n) is 9.36. The first-order chi connectivity index (χ1) is 15.8. The Balaban J connectivity index is 1.80. The van der Waals surface area contributed by atoms with Gasteiger partial charge in [0, 0.05) is 4.47 Å². The van der Waals surface area contributed by atoms with E-state index in [0.717, 1.165) is 4.90 Å². The molecule has 0 spiro atoms. The van der Waals surface area contributed by atoms with Crippen molar-refractivity contribution in [3.8, 4) is 11.5 Å². The predicted octanol–water partition coefficient (Wildman–Crippen LogP) is 2.48. The second kappa shape index (κ2) is 10.2. The normalized spacial score (nSPS) is 14.3. The standard InChI is InChI=1S/C21H19BrN2O9/c1-29-16-7-11(13(22)8-17(16)32-10-18(25)30-2)6-14-19(26)24(21(28)23-14)9-12-4-5-15(33-12)20(27)31-3/h4-8H,9-10H2,1-3H3,(H,23,28)/b14-6-. The van der Waals surface area contributed by atoms with Crippen molar-refractivity contribution in [2.45, 2.75) is 6.54 Å². The molecule has 0 bridgehead atoms. The van der Waals surface area contributed by atoms with Crippen LogP contribution in [-0.4, -0.2) is 56.7 Å². The zero-order chi connectivity index (χ0) is 24.1. The van der Waals surface area contributed by atoms with E-state index in [0.29, 0.717) is 15.8 Å². The number of carbonyl (C=O) groups is 4. The fourth-order valence-electron chi connectivity index (χ4n) is 2.83. The Morgan fingerprint density at radius 2 is 1.88 bits per heavy atom. The molecule has 3 amide bonds. The highest BCUT2D eigenvalue weighted by molar-refractivity contribution is 9.10. The molecular weight excluding hydrogens is 504 g/mol. The lowest BCUT2D eigenvalue weighted by atomic mass is 10.1. The lowest BCUT2D eigenvalue weighted by molar-refractivity contribution is -0.143. The van der Waals surface area contributed by atoms with E-state index in [1.807, 2.05) is 0 Å². The van der Waals surface area contributed by atoms with Crippen LogP contribution in [0.3, 0.4) is 0 Å². The molecular formula is C21H19BrN2O9. The highest BCUT2D eigenvalue weighted by Gasteiger charge is 2.34. The van der Waals surface area contributed by atoms with Gasteiger partial charge in [0.25, 0.3) is 5.91 Å². The van der Waals surface area contributed by atoms with Crippen LogP contribution in [0.2, 0.25) is 0 Å². The number of carbonyl (C=O) groups excluding carboxylic acids is 4. The predicted molar refractivity (Wildman–Crippen MR) is 115 cm³/mol. The summed E-state index contributed by atoms with van der Waals surface area (Å²) in [4.78, 5) is 48.9. The maximum absolute atomic E-state index is 12.8. The third kappa shape index (κ3) is 5.34. The minimum atomic E-state index is -0.670. The molecule has 1 aliphatic rings. The van der Waals surface area contributed by atoms with Gasteiger partial charge in [-0.3, -0.25) is 9.69 Å². The van der Waals surface area contributed by atoms with E-state index in [1.54, 1.807) is 12.1 Å². The number of nitrogens with zero attached hydrogens (tertiary/aromatic N) is 1. The molecule has 3 rings (SSSR count). The van der Waals surface area contributed by atoms with E-state index >= 15 is 0 Å². The summed E-state index contributed by atoms with van der Waals surface area (Å²) in [7, 11) is 3.87. The summed E-state index contributed by atoms with van der Waals surface area (Å²) < 4.78 is 25.6. The summed E-state index contributed by atoms with van der Waals surface area (Å²) in [5.41, 5.74) is 0.527. The van der Waals surface area contributed by atoms with Crippen LogP contribution in [0, 0.1) is 0 Å². The first-order valence-corrected chi connectivity index (χ1v) is 10.1. The van der Waals surface area contributed by atoms with Gasteiger partial charge in [0.05, 0.1) is 27.9 Å². The van der Waals surface area contributed by atoms with Crippen LogP contribution in [0.15, 0.2) is 38.9 Å². The van der Waals surface area contributed by atoms with Crippen LogP contribution in [0.4, 0.5) is 4.79 Å². The highest BCUT2D eigenvalue weighted by atomic mass is 79.9. The molecule has 12 heteroatoms. The van der Waals surface area contributed by atoms with Gasteiger partial charge in [-0.05, 0) is 35.9 Å². The molecule has 1 aromatic heterocycles. The largest absolute Gasteiger partial charge is 0.493 e. The monoisotopic (exact) mass is 522 g/mol. The van der Waals surface area contributed by atoms with E-state index in [1.165, 1.54) is 39.5 Å². The molecule has 33 heavy (non-hydrogen) atoms. The van der Waals surface area contributed by atoms with Crippen molar-refractivity contribution in [2.75, 3.05) is 27.9 Å². The molecule has 1 N–H and O–H groups in total. The number of furan rings is 1. The molecule has 0 atom stereocenters. The number of rotatable bonds is 8. The number of halogens is 1. The molecule has 1 saturated heterocycles. The summed E-state index contributed by atoms with van der Waals surface area (Å²) in [5.74, 6) is -1.05. The molecule has 1 fully saturated rings. The zero-order valence-electron chi connectivity index (χ0n) is 17.8. The van der Waals surface area contributed by atoms with Crippen LogP contribution in [0.25, 0.3) is 6.08 Å². The maximum Gasteiger partial charge on any atom is 0.373 e. The van der Waals surface area contributed by atoms with E-state index in [-0.39, 0.29) is 36.1 Å². The fraction of sp³-hybridized carbons (Fsp3) is 0.238. The fourth-order valence-corrected chi connectivity index (χ4v) is 3.27. The molecule has 11 nitrogen and oxygen atoms in total. The zero-order valence-corrected chi connectivity index (χ0v) is 19.4. The molecule has 1 aliphatic heterocycles. The van der Waals surface area contributed by atoms with Crippen LogP contribution in [-0.2, 0) is 25.6 Å². The lowest BCUT2D eigenvalue weighted by Gasteiger charge is -2.12. The first kappa shape index (κ1) is 23.9. The molecule has 2 heterocycles. The van der Waals surface area contributed by atoms with Gasteiger partial charge in [0.1, 0.15) is 11.5 Å². The highest BCUT2D eigenvalue weighted by Crippen LogP contribution is 2.35. The van der Waals surface area contributed by atoms with Crippen LogP contribution < -0.4 is 14.8 Å². The summed E-state index contributed by atoms with van der Waals surface area (Å²) in [6, 6.07) is 5.35. The summed E-state index contributed by atoms with van der Waals surface area (Å²) in [6.07, 6.45) is 1.46. The van der Waals surface area contributed by atoms with Crippen molar-refractivity contribution in [2.24, 2.45) is 0 Å². The van der Waals surface area contributed by atoms with Gasteiger partial charge in [-0.2, -0.15) is 0 Å². The summed E-state index contributed by atoms with van der Waals surface area (Å²) in [6.45, 7) is -0.489. The Morgan fingerprint density at radius 3 is 2.55 bits per heavy atom. The third-order valence-electron chi connectivity index (χ3n) is 4.48. The number of esters is 2. The van der Waals surface area contributed by atoms with Gasteiger partial charge >= 0.3 is 18.0 Å². The van der Waals surface area contributed by atoms with E-state index in [9.17, 15) is 19.2 Å². The Morgan fingerprint density at radius 1 is 1.12 bits per heavy atom. The van der Waals surface area contributed by atoms with Gasteiger partial charge in [-0.1, -0.05) is 15.9 Å². The van der Waals surface area contributed by atoms with Gasteiger partial charge in [0.15, 0.2) is 18.1 Å². The van der Waals surface area contributed by atoms with Gasteiger partial charge in [0.2, 0.25) is 5.76 Å². The minimum Gasteiger partial charge on any atom is -0.493 e. The molecule has 174 valence electrons. The Labute approximate surface area is 196 Å². The van der Waals surface area contributed by atoms with Gasteiger partial charge in [-0.15, -0.1) is 0 Å². The van der Waals surface area contributed by atoms with Gasteiger partial charge in [-0.25, -0.2) is 14.4 Å². The van der Waals surface area contributed by atoms with Crippen LogP contribution >= 0.6 is 15.9 Å². The molecule has 1 aromatic carbocycles.